The number of nitrogens with zero attached hydrogens (tertiary/aromatic N) is 1. The average Bonchev–Trinajstić information content (AvgIpc) is 2.76. The zero-order valence-corrected chi connectivity index (χ0v) is 12.3. The molecule has 1 aromatic heterocycles. The Kier molecular flexibility index (Phi) is 3.67. The Morgan fingerprint density at radius 3 is 2.35 bits per heavy atom. The van der Waals surface area contributed by atoms with Gasteiger partial charge in [0.25, 0.3) is 5.91 Å². The Bertz CT molecular complexity index is 624. The predicted octanol–water partition coefficient (Wildman–Crippen LogP) is 3.10. The minimum Gasteiger partial charge on any atom is -0.507 e. The van der Waals surface area contributed by atoms with Crippen molar-refractivity contribution in [1.82, 2.24) is 4.98 Å². The summed E-state index contributed by atoms with van der Waals surface area (Å²) in [7, 11) is 0. The van der Waals surface area contributed by atoms with Gasteiger partial charge in [-0.15, -0.1) is 11.3 Å². The molecular weight excluding hydrogens is 276 g/mol. The summed E-state index contributed by atoms with van der Waals surface area (Å²) in [5.41, 5.74) is 0.621. The van der Waals surface area contributed by atoms with Crippen LogP contribution in [0.2, 0.25) is 0 Å². The van der Waals surface area contributed by atoms with Crippen molar-refractivity contribution < 1.29 is 15.0 Å². The van der Waals surface area contributed by atoms with E-state index in [2.05, 4.69) is 10.3 Å². The van der Waals surface area contributed by atoms with Crippen molar-refractivity contribution in [2.75, 3.05) is 5.32 Å². The van der Waals surface area contributed by atoms with Gasteiger partial charge in [-0.05, 0) is 12.1 Å². The van der Waals surface area contributed by atoms with Gasteiger partial charge in [-0.25, -0.2) is 4.98 Å². The number of hydrogen-bond donors (Lipinski definition) is 3. The quantitative estimate of drug-likeness (QED) is 0.794. The van der Waals surface area contributed by atoms with Crippen molar-refractivity contribution in [2.45, 2.75) is 26.2 Å². The summed E-state index contributed by atoms with van der Waals surface area (Å²) in [6.45, 7) is 6.09. The molecule has 106 valence electrons. The molecule has 0 saturated carbocycles. The maximum atomic E-state index is 12.1. The number of anilines is 1. The fraction of sp³-hybridized carbons (Fsp3) is 0.286. The van der Waals surface area contributed by atoms with Crippen LogP contribution >= 0.6 is 11.3 Å². The molecule has 0 atom stereocenters. The molecule has 1 aromatic carbocycles. The first-order valence-electron chi connectivity index (χ1n) is 6.07. The van der Waals surface area contributed by atoms with Crippen LogP contribution in [0.25, 0.3) is 0 Å². The smallest absolute Gasteiger partial charge is 0.264 e. The summed E-state index contributed by atoms with van der Waals surface area (Å²) < 4.78 is 0. The third kappa shape index (κ3) is 2.91. The van der Waals surface area contributed by atoms with Crippen molar-refractivity contribution in [3.05, 3.63) is 34.8 Å². The van der Waals surface area contributed by atoms with Crippen molar-refractivity contribution in [1.29, 1.82) is 0 Å². The molecule has 0 saturated heterocycles. The molecule has 0 aliphatic carbocycles. The highest BCUT2D eigenvalue weighted by Crippen LogP contribution is 2.29. The first-order chi connectivity index (χ1) is 9.29. The first kappa shape index (κ1) is 14.3. The van der Waals surface area contributed by atoms with E-state index in [1.54, 1.807) is 0 Å². The molecule has 1 heterocycles. The Labute approximate surface area is 120 Å². The molecular formula is C14H16N2O3S. The maximum Gasteiger partial charge on any atom is 0.264 e. The number of thiazole rings is 1. The molecule has 2 rings (SSSR count). The van der Waals surface area contributed by atoms with Gasteiger partial charge in [0.15, 0.2) is 5.13 Å². The van der Waals surface area contributed by atoms with Gasteiger partial charge in [-0.3, -0.25) is 10.1 Å². The number of amides is 1. The van der Waals surface area contributed by atoms with Crippen LogP contribution in [0.3, 0.4) is 0 Å². The maximum absolute atomic E-state index is 12.1. The molecule has 0 unspecified atom stereocenters. The second-order valence-electron chi connectivity index (χ2n) is 5.41. The summed E-state index contributed by atoms with van der Waals surface area (Å²) in [5, 5.41) is 24.2. The number of aromatic nitrogens is 1. The normalized spacial score (nSPS) is 11.3. The lowest BCUT2D eigenvalue weighted by atomic mass is 9.93. The van der Waals surface area contributed by atoms with Crippen molar-refractivity contribution >= 4 is 22.4 Å². The zero-order valence-electron chi connectivity index (χ0n) is 11.5. The number of nitrogens with one attached hydrogen (secondary N) is 1. The van der Waals surface area contributed by atoms with Gasteiger partial charge in [-0.2, -0.15) is 0 Å². The van der Waals surface area contributed by atoms with Gasteiger partial charge in [0.05, 0.1) is 5.69 Å². The van der Waals surface area contributed by atoms with Crippen molar-refractivity contribution in [2.24, 2.45) is 0 Å². The van der Waals surface area contributed by atoms with Crippen LogP contribution in [0.4, 0.5) is 5.13 Å². The fourth-order valence-corrected chi connectivity index (χ4v) is 2.53. The van der Waals surface area contributed by atoms with Gasteiger partial charge in [0.2, 0.25) is 0 Å². The molecule has 6 heteroatoms. The van der Waals surface area contributed by atoms with Gasteiger partial charge in [0.1, 0.15) is 17.1 Å². The number of aromatic hydroxyl groups is 2. The van der Waals surface area contributed by atoms with Crippen LogP contribution in [-0.2, 0) is 5.41 Å². The van der Waals surface area contributed by atoms with Crippen LogP contribution in [-0.4, -0.2) is 21.1 Å². The molecule has 20 heavy (non-hydrogen) atoms. The lowest BCUT2D eigenvalue weighted by Crippen LogP contribution is -2.14. The van der Waals surface area contributed by atoms with Gasteiger partial charge >= 0.3 is 0 Å². The zero-order chi connectivity index (χ0) is 14.9. The number of carbonyl (C=O) groups excluding carboxylic acids is 1. The lowest BCUT2D eigenvalue weighted by Gasteiger charge is -2.14. The SMILES string of the molecule is CC(C)(C)c1csc(NC(=O)c2c(O)cccc2O)n1. The van der Waals surface area contributed by atoms with E-state index < -0.39 is 5.91 Å². The standard InChI is InChI=1S/C14H16N2O3S/c1-14(2,3)10-7-20-13(15-10)16-12(19)11-8(17)5-4-6-9(11)18/h4-7,17-18H,1-3H3,(H,15,16,19). The topological polar surface area (TPSA) is 82.5 Å². The van der Waals surface area contributed by atoms with Gasteiger partial charge in [-0.1, -0.05) is 26.8 Å². The summed E-state index contributed by atoms with van der Waals surface area (Å²) in [4.78, 5) is 16.4. The van der Waals surface area contributed by atoms with Crippen molar-refractivity contribution in [3.63, 3.8) is 0 Å². The third-order valence-electron chi connectivity index (χ3n) is 2.74. The molecule has 0 radical (unpaired) electrons. The van der Waals surface area contributed by atoms with Crippen LogP contribution in [0.1, 0.15) is 36.8 Å². The van der Waals surface area contributed by atoms with Gasteiger partial charge < -0.3 is 10.2 Å². The van der Waals surface area contributed by atoms with Crippen LogP contribution in [0, 0.1) is 0 Å². The van der Waals surface area contributed by atoms with Crippen molar-refractivity contribution in [3.8, 4) is 11.5 Å². The van der Waals surface area contributed by atoms with Crippen LogP contribution in [0.15, 0.2) is 23.6 Å². The molecule has 0 fully saturated rings. The first-order valence-corrected chi connectivity index (χ1v) is 6.95. The van der Waals surface area contributed by atoms with E-state index in [1.165, 1.54) is 29.5 Å². The largest absolute Gasteiger partial charge is 0.507 e. The number of carbonyl (C=O) groups is 1. The highest BCUT2D eigenvalue weighted by atomic mass is 32.1. The highest BCUT2D eigenvalue weighted by Gasteiger charge is 2.20. The number of rotatable bonds is 2. The van der Waals surface area contributed by atoms with E-state index in [-0.39, 0.29) is 22.5 Å². The molecule has 3 N–H and O–H groups in total. The molecule has 0 spiro atoms. The molecule has 2 aromatic rings. The molecule has 5 nitrogen and oxygen atoms in total. The van der Waals surface area contributed by atoms with Crippen LogP contribution in [0.5, 0.6) is 11.5 Å². The number of benzene rings is 1. The second-order valence-corrected chi connectivity index (χ2v) is 6.27. The van der Waals surface area contributed by atoms with E-state index in [9.17, 15) is 15.0 Å². The third-order valence-corrected chi connectivity index (χ3v) is 3.50. The van der Waals surface area contributed by atoms with E-state index in [0.29, 0.717) is 5.13 Å². The number of phenolic OH excluding ortho intramolecular Hbond substituents is 2. The Hall–Kier alpha value is -2.08. The monoisotopic (exact) mass is 292 g/mol. The molecule has 0 aliphatic heterocycles. The van der Waals surface area contributed by atoms with Crippen LogP contribution < -0.4 is 5.32 Å². The second kappa shape index (κ2) is 5.13. The number of phenols is 2. The molecule has 0 aliphatic rings. The Morgan fingerprint density at radius 2 is 1.85 bits per heavy atom. The van der Waals surface area contributed by atoms with E-state index in [0.717, 1.165) is 5.69 Å². The Morgan fingerprint density at radius 1 is 1.25 bits per heavy atom. The Balaban J connectivity index is 2.22. The van der Waals surface area contributed by atoms with Gasteiger partial charge in [0, 0.05) is 10.8 Å². The molecule has 0 bridgehead atoms. The minimum atomic E-state index is -0.588. The summed E-state index contributed by atoms with van der Waals surface area (Å²) in [6, 6.07) is 4.15. The summed E-state index contributed by atoms with van der Waals surface area (Å²) in [6.07, 6.45) is 0. The van der Waals surface area contributed by atoms with E-state index in [1.807, 2.05) is 26.2 Å². The lowest BCUT2D eigenvalue weighted by molar-refractivity contribution is 0.102. The fourth-order valence-electron chi connectivity index (χ4n) is 1.60. The highest BCUT2D eigenvalue weighted by molar-refractivity contribution is 7.14. The summed E-state index contributed by atoms with van der Waals surface area (Å²) in [5.74, 6) is -1.12. The predicted molar refractivity (Wildman–Crippen MR) is 78.5 cm³/mol. The van der Waals surface area contributed by atoms with E-state index in [4.69, 9.17) is 0 Å². The minimum absolute atomic E-state index is 0.101. The average molecular weight is 292 g/mol. The number of hydrogen-bond acceptors (Lipinski definition) is 5. The van der Waals surface area contributed by atoms with E-state index >= 15 is 0 Å². The summed E-state index contributed by atoms with van der Waals surface area (Å²) >= 11 is 1.30. The molecule has 1 amide bonds.